The van der Waals surface area contributed by atoms with Crippen molar-refractivity contribution >= 4 is 23.1 Å². The molecule has 2 rings (SSSR count). The molecule has 0 unspecified atom stereocenters. The normalized spacial score (nSPS) is 33.0. The van der Waals surface area contributed by atoms with Crippen LogP contribution in [0.5, 0.6) is 0 Å². The lowest BCUT2D eigenvalue weighted by Gasteiger charge is -2.46. The largest absolute Gasteiger partial charge is 0.392 e. The van der Waals surface area contributed by atoms with E-state index in [1.165, 1.54) is 0 Å². The highest BCUT2D eigenvalue weighted by atomic mass is 32.1. The molecule has 4 heteroatoms. The van der Waals surface area contributed by atoms with Gasteiger partial charge in [0.1, 0.15) is 0 Å². The molecule has 2 aliphatic rings. The number of hydrogen-bond acceptors (Lipinski definition) is 2. The van der Waals surface area contributed by atoms with E-state index in [1.807, 2.05) is 4.90 Å². The molecule has 0 atom stereocenters. The smallest absolute Gasteiger partial charge is 0.235 e. The maximum atomic E-state index is 12.8. The number of carbonyl (C=O) groups is 1. The third-order valence-electron chi connectivity index (χ3n) is 5.50. The molecule has 0 aromatic heterocycles. The van der Waals surface area contributed by atoms with Crippen LogP contribution in [-0.4, -0.2) is 28.9 Å². The van der Waals surface area contributed by atoms with Gasteiger partial charge in [-0.25, -0.2) is 0 Å². The SMILES string of the molecule is CCC1(CC)CCN(C(=O)C2(C(N)=S)CC(C)C2)C1. The van der Waals surface area contributed by atoms with Crippen LogP contribution in [0.1, 0.15) is 52.9 Å². The molecule has 0 spiro atoms. The van der Waals surface area contributed by atoms with Gasteiger partial charge < -0.3 is 10.6 Å². The van der Waals surface area contributed by atoms with Crippen molar-refractivity contribution < 1.29 is 4.79 Å². The van der Waals surface area contributed by atoms with Crippen LogP contribution in [0.25, 0.3) is 0 Å². The minimum Gasteiger partial charge on any atom is -0.392 e. The molecule has 2 fully saturated rings. The number of likely N-dealkylation sites (tertiary alicyclic amines) is 1. The second-order valence-corrected chi connectivity index (χ2v) is 7.08. The van der Waals surface area contributed by atoms with Crippen molar-refractivity contribution in [2.45, 2.75) is 52.9 Å². The first-order valence-corrected chi connectivity index (χ1v) is 7.89. The molecule has 19 heavy (non-hydrogen) atoms. The first-order valence-electron chi connectivity index (χ1n) is 7.48. The number of hydrogen-bond donors (Lipinski definition) is 1. The van der Waals surface area contributed by atoms with Gasteiger partial charge in [0.2, 0.25) is 5.91 Å². The van der Waals surface area contributed by atoms with E-state index in [4.69, 9.17) is 18.0 Å². The van der Waals surface area contributed by atoms with E-state index < -0.39 is 5.41 Å². The Morgan fingerprint density at radius 2 is 1.95 bits per heavy atom. The number of thiocarbonyl (C=S) groups is 1. The van der Waals surface area contributed by atoms with Crippen LogP contribution in [0, 0.1) is 16.7 Å². The van der Waals surface area contributed by atoms with E-state index in [0.29, 0.717) is 16.3 Å². The maximum Gasteiger partial charge on any atom is 0.235 e. The summed E-state index contributed by atoms with van der Waals surface area (Å²) in [6.45, 7) is 8.38. The average Bonchev–Trinajstić information content (AvgIpc) is 2.78. The molecule has 1 saturated carbocycles. The van der Waals surface area contributed by atoms with E-state index >= 15 is 0 Å². The van der Waals surface area contributed by atoms with Crippen molar-refractivity contribution in [1.82, 2.24) is 4.90 Å². The Morgan fingerprint density at radius 3 is 2.32 bits per heavy atom. The number of rotatable bonds is 4. The Morgan fingerprint density at radius 1 is 1.37 bits per heavy atom. The van der Waals surface area contributed by atoms with Crippen molar-refractivity contribution in [3.8, 4) is 0 Å². The van der Waals surface area contributed by atoms with E-state index in [2.05, 4.69) is 20.8 Å². The highest BCUT2D eigenvalue weighted by molar-refractivity contribution is 7.80. The summed E-state index contributed by atoms with van der Waals surface area (Å²) in [5.41, 5.74) is 5.68. The highest BCUT2D eigenvalue weighted by Gasteiger charge is 2.54. The van der Waals surface area contributed by atoms with Crippen molar-refractivity contribution in [2.75, 3.05) is 13.1 Å². The van der Waals surface area contributed by atoms with Gasteiger partial charge in [0, 0.05) is 13.1 Å². The summed E-state index contributed by atoms with van der Waals surface area (Å²) in [4.78, 5) is 15.2. The molecule has 0 bridgehead atoms. The summed E-state index contributed by atoms with van der Waals surface area (Å²) >= 11 is 5.19. The summed E-state index contributed by atoms with van der Waals surface area (Å²) in [5.74, 6) is 0.761. The molecule has 0 aromatic rings. The molecule has 1 saturated heterocycles. The summed E-state index contributed by atoms with van der Waals surface area (Å²) in [5, 5.41) is 0. The second-order valence-electron chi connectivity index (χ2n) is 6.64. The number of amides is 1. The molecule has 3 nitrogen and oxygen atoms in total. The number of nitrogens with two attached hydrogens (primary N) is 1. The van der Waals surface area contributed by atoms with Crippen molar-refractivity contribution in [2.24, 2.45) is 22.5 Å². The molecule has 1 aliphatic carbocycles. The maximum absolute atomic E-state index is 12.8. The predicted octanol–water partition coefficient (Wildman–Crippen LogP) is 2.73. The van der Waals surface area contributed by atoms with Crippen molar-refractivity contribution in [1.29, 1.82) is 0 Å². The molecule has 0 radical (unpaired) electrons. The zero-order chi connectivity index (χ0) is 14.3. The number of carbonyl (C=O) groups excluding carboxylic acids is 1. The van der Waals surface area contributed by atoms with Crippen molar-refractivity contribution in [3.63, 3.8) is 0 Å². The van der Waals surface area contributed by atoms with Crippen LogP contribution in [-0.2, 0) is 4.79 Å². The lowest BCUT2D eigenvalue weighted by Crippen LogP contribution is -2.56. The van der Waals surface area contributed by atoms with Gasteiger partial charge in [0.15, 0.2) is 0 Å². The van der Waals surface area contributed by atoms with Gasteiger partial charge in [-0.15, -0.1) is 0 Å². The predicted molar refractivity (Wildman–Crippen MR) is 81.8 cm³/mol. The zero-order valence-corrected chi connectivity index (χ0v) is 13.2. The third kappa shape index (κ3) is 2.28. The van der Waals surface area contributed by atoms with E-state index in [9.17, 15) is 4.79 Å². The molecule has 0 aromatic carbocycles. The Labute approximate surface area is 121 Å². The lowest BCUT2D eigenvalue weighted by molar-refractivity contribution is -0.143. The molecule has 1 aliphatic heterocycles. The van der Waals surface area contributed by atoms with Crippen LogP contribution in [0.2, 0.25) is 0 Å². The van der Waals surface area contributed by atoms with Gasteiger partial charge in [-0.3, -0.25) is 4.79 Å². The second kappa shape index (κ2) is 5.04. The van der Waals surface area contributed by atoms with E-state index in [1.54, 1.807) is 0 Å². The van der Waals surface area contributed by atoms with Crippen LogP contribution in [0.3, 0.4) is 0 Å². The molecule has 1 amide bonds. The summed E-state index contributed by atoms with van der Waals surface area (Å²) < 4.78 is 0. The van der Waals surface area contributed by atoms with Crippen LogP contribution < -0.4 is 5.73 Å². The minimum atomic E-state index is -0.522. The molecule has 108 valence electrons. The van der Waals surface area contributed by atoms with Gasteiger partial charge in [-0.2, -0.15) is 0 Å². The highest BCUT2D eigenvalue weighted by Crippen LogP contribution is 2.49. The fraction of sp³-hybridized carbons (Fsp3) is 0.867. The van der Waals surface area contributed by atoms with Gasteiger partial charge in [-0.1, -0.05) is 33.0 Å². The first kappa shape index (κ1) is 14.8. The molecular weight excluding hydrogens is 256 g/mol. The van der Waals surface area contributed by atoms with Crippen molar-refractivity contribution in [3.05, 3.63) is 0 Å². The standard InChI is InChI=1S/C15H26N2OS/c1-4-14(5-2)6-7-17(10-14)13(18)15(12(16)19)8-11(3)9-15/h11H,4-10H2,1-3H3,(H2,16,19). The van der Waals surface area contributed by atoms with Gasteiger partial charge in [-0.05, 0) is 43.4 Å². The van der Waals surface area contributed by atoms with Crippen LogP contribution in [0.4, 0.5) is 0 Å². The van der Waals surface area contributed by atoms with Crippen LogP contribution >= 0.6 is 12.2 Å². The van der Waals surface area contributed by atoms with E-state index in [-0.39, 0.29) is 5.91 Å². The number of nitrogens with zero attached hydrogens (tertiary/aromatic N) is 1. The van der Waals surface area contributed by atoms with E-state index in [0.717, 1.165) is 45.2 Å². The monoisotopic (exact) mass is 282 g/mol. The van der Waals surface area contributed by atoms with Crippen LogP contribution in [0.15, 0.2) is 0 Å². The summed E-state index contributed by atoms with van der Waals surface area (Å²) in [6, 6.07) is 0. The Hall–Kier alpha value is -0.640. The Bertz CT molecular complexity index is 384. The fourth-order valence-corrected chi connectivity index (χ4v) is 4.10. The summed E-state index contributed by atoms with van der Waals surface area (Å²) in [6.07, 6.45) is 5.08. The molecule has 1 heterocycles. The Kier molecular flexibility index (Phi) is 3.92. The lowest BCUT2D eigenvalue weighted by atomic mass is 9.61. The van der Waals surface area contributed by atoms with Gasteiger partial charge in [0.25, 0.3) is 0 Å². The topological polar surface area (TPSA) is 46.3 Å². The van der Waals surface area contributed by atoms with Gasteiger partial charge >= 0.3 is 0 Å². The molecular formula is C15H26N2OS. The zero-order valence-electron chi connectivity index (χ0n) is 12.4. The third-order valence-corrected chi connectivity index (χ3v) is 5.89. The summed E-state index contributed by atoms with van der Waals surface area (Å²) in [7, 11) is 0. The minimum absolute atomic E-state index is 0.196. The fourth-order valence-electron chi connectivity index (χ4n) is 3.85. The van der Waals surface area contributed by atoms with Gasteiger partial charge in [0.05, 0.1) is 10.4 Å². The quantitative estimate of drug-likeness (QED) is 0.807. The average molecular weight is 282 g/mol. The molecule has 2 N–H and O–H groups in total. The Balaban J connectivity index is 2.11. The first-order chi connectivity index (χ1) is 8.89.